The average molecular weight is 243 g/mol. The molecule has 17 heavy (non-hydrogen) atoms. The van der Waals surface area contributed by atoms with E-state index >= 15 is 0 Å². The molecule has 0 heterocycles. The molecule has 1 atom stereocenters. The number of benzene rings is 1. The van der Waals surface area contributed by atoms with Gasteiger partial charge in [-0.2, -0.15) is 13.2 Å². The molecular formula is C12H12F3NO. The first-order valence-corrected chi connectivity index (χ1v) is 4.94. The first-order valence-electron chi connectivity index (χ1n) is 4.94. The largest absolute Gasteiger partial charge is 0.416 e. The van der Waals surface area contributed by atoms with Crippen LogP contribution in [0.4, 0.5) is 13.2 Å². The molecule has 0 radical (unpaired) electrons. The average Bonchev–Trinajstić information content (AvgIpc) is 2.28. The van der Waals surface area contributed by atoms with E-state index in [0.717, 1.165) is 18.2 Å². The first kappa shape index (κ1) is 13.3. The zero-order valence-corrected chi connectivity index (χ0v) is 9.21. The fraction of sp³-hybridized carbons (Fsp3) is 0.250. The van der Waals surface area contributed by atoms with Gasteiger partial charge in [-0.15, -0.1) is 0 Å². The van der Waals surface area contributed by atoms with Gasteiger partial charge in [-0.3, -0.25) is 4.79 Å². The lowest BCUT2D eigenvalue weighted by Crippen LogP contribution is -2.24. The van der Waals surface area contributed by atoms with Crippen molar-refractivity contribution in [2.24, 2.45) is 0 Å². The predicted molar refractivity (Wildman–Crippen MR) is 58.2 cm³/mol. The van der Waals surface area contributed by atoms with E-state index in [4.69, 9.17) is 0 Å². The summed E-state index contributed by atoms with van der Waals surface area (Å²) >= 11 is 0. The Morgan fingerprint density at radius 1 is 1.47 bits per heavy atom. The molecule has 1 amide bonds. The molecule has 2 nitrogen and oxygen atoms in total. The number of amides is 1. The number of alkyl halides is 3. The summed E-state index contributed by atoms with van der Waals surface area (Å²) in [6.07, 6.45) is -3.30. The van der Waals surface area contributed by atoms with Gasteiger partial charge in [0, 0.05) is 0 Å². The molecule has 0 saturated carbocycles. The summed E-state index contributed by atoms with van der Waals surface area (Å²) in [5.41, 5.74) is -0.329. The molecule has 0 aromatic heterocycles. The molecule has 0 saturated heterocycles. The lowest BCUT2D eigenvalue weighted by Gasteiger charge is -2.15. The Morgan fingerprint density at radius 3 is 2.65 bits per heavy atom. The Bertz CT molecular complexity index is 426. The van der Waals surface area contributed by atoms with Gasteiger partial charge in [0.15, 0.2) is 0 Å². The summed E-state index contributed by atoms with van der Waals surface area (Å²) in [4.78, 5) is 11.0. The van der Waals surface area contributed by atoms with E-state index < -0.39 is 23.7 Å². The van der Waals surface area contributed by atoms with Crippen LogP contribution in [0.3, 0.4) is 0 Å². The van der Waals surface area contributed by atoms with Crippen LogP contribution in [0.25, 0.3) is 0 Å². The van der Waals surface area contributed by atoms with Gasteiger partial charge >= 0.3 is 6.18 Å². The van der Waals surface area contributed by atoms with Crippen molar-refractivity contribution in [3.8, 4) is 0 Å². The minimum Gasteiger partial charge on any atom is -0.346 e. The van der Waals surface area contributed by atoms with Gasteiger partial charge in [0.1, 0.15) is 0 Å². The van der Waals surface area contributed by atoms with E-state index in [1.54, 1.807) is 6.92 Å². The highest BCUT2D eigenvalue weighted by molar-refractivity contribution is 5.87. The van der Waals surface area contributed by atoms with Gasteiger partial charge in [-0.05, 0) is 30.7 Å². The van der Waals surface area contributed by atoms with Gasteiger partial charge in [0.05, 0.1) is 11.6 Å². The zero-order chi connectivity index (χ0) is 13.1. The molecule has 0 aliphatic rings. The summed E-state index contributed by atoms with van der Waals surface area (Å²) < 4.78 is 37.4. The second-order valence-electron chi connectivity index (χ2n) is 3.56. The fourth-order valence-corrected chi connectivity index (χ4v) is 1.34. The van der Waals surface area contributed by atoms with Crippen molar-refractivity contribution in [1.29, 1.82) is 0 Å². The first-order chi connectivity index (χ1) is 7.84. The molecule has 0 spiro atoms. The number of nitrogens with one attached hydrogen (secondary N) is 1. The highest BCUT2D eigenvalue weighted by Gasteiger charge is 2.30. The highest BCUT2D eigenvalue weighted by Crippen LogP contribution is 2.30. The number of hydrogen-bond donors (Lipinski definition) is 1. The molecule has 0 bridgehead atoms. The van der Waals surface area contributed by atoms with Gasteiger partial charge in [-0.1, -0.05) is 18.7 Å². The Morgan fingerprint density at radius 2 is 2.12 bits per heavy atom. The zero-order valence-electron chi connectivity index (χ0n) is 9.21. The Kier molecular flexibility index (Phi) is 3.93. The van der Waals surface area contributed by atoms with Gasteiger partial charge in [0.25, 0.3) is 0 Å². The summed E-state index contributed by atoms with van der Waals surface area (Å²) in [6, 6.07) is 4.36. The van der Waals surface area contributed by atoms with Gasteiger partial charge in [0.2, 0.25) is 5.91 Å². The number of hydrogen-bond acceptors (Lipinski definition) is 1. The molecule has 1 aromatic carbocycles. The van der Waals surface area contributed by atoms with Crippen molar-refractivity contribution < 1.29 is 18.0 Å². The maximum absolute atomic E-state index is 12.5. The van der Waals surface area contributed by atoms with Crippen molar-refractivity contribution in [3.05, 3.63) is 48.0 Å². The molecule has 5 heteroatoms. The van der Waals surface area contributed by atoms with Crippen LogP contribution in [-0.4, -0.2) is 5.91 Å². The summed E-state index contributed by atoms with van der Waals surface area (Å²) in [6.45, 7) is 4.88. The van der Waals surface area contributed by atoms with Crippen molar-refractivity contribution in [2.45, 2.75) is 19.1 Å². The molecule has 1 aromatic rings. The molecule has 0 aliphatic carbocycles. The second kappa shape index (κ2) is 5.03. The van der Waals surface area contributed by atoms with Gasteiger partial charge in [-0.25, -0.2) is 0 Å². The standard InChI is InChI=1S/C12H12F3NO/c1-3-11(17)16-8(2)9-5-4-6-10(7-9)12(13,14)15/h3-8H,1H2,2H3,(H,16,17)/t8-/m1/s1. The Labute approximate surface area is 97.1 Å². The van der Waals surface area contributed by atoms with E-state index in [1.165, 1.54) is 12.1 Å². The molecule has 92 valence electrons. The van der Waals surface area contributed by atoms with Crippen molar-refractivity contribution in [1.82, 2.24) is 5.32 Å². The minimum atomic E-state index is -4.38. The molecule has 0 fully saturated rings. The van der Waals surface area contributed by atoms with Crippen LogP contribution in [0.2, 0.25) is 0 Å². The van der Waals surface area contributed by atoms with Crippen molar-refractivity contribution >= 4 is 5.91 Å². The van der Waals surface area contributed by atoms with Crippen molar-refractivity contribution in [3.63, 3.8) is 0 Å². The third kappa shape index (κ3) is 3.62. The van der Waals surface area contributed by atoms with Crippen LogP contribution in [0, 0.1) is 0 Å². The van der Waals surface area contributed by atoms with Gasteiger partial charge < -0.3 is 5.32 Å². The second-order valence-corrected chi connectivity index (χ2v) is 3.56. The summed E-state index contributed by atoms with van der Waals surface area (Å²) in [7, 11) is 0. The highest BCUT2D eigenvalue weighted by atomic mass is 19.4. The maximum Gasteiger partial charge on any atom is 0.416 e. The van der Waals surface area contributed by atoms with E-state index in [9.17, 15) is 18.0 Å². The minimum absolute atomic E-state index is 0.398. The molecule has 1 rings (SSSR count). The number of halogens is 3. The maximum atomic E-state index is 12.5. The number of carbonyl (C=O) groups is 1. The Hall–Kier alpha value is -1.78. The number of carbonyl (C=O) groups excluding carboxylic acids is 1. The summed E-state index contributed by atoms with van der Waals surface area (Å²) in [5, 5.41) is 2.50. The monoisotopic (exact) mass is 243 g/mol. The van der Waals surface area contributed by atoms with E-state index in [2.05, 4.69) is 11.9 Å². The van der Waals surface area contributed by atoms with Crippen LogP contribution in [0.5, 0.6) is 0 Å². The van der Waals surface area contributed by atoms with E-state index in [0.29, 0.717) is 5.56 Å². The lowest BCUT2D eigenvalue weighted by atomic mass is 10.0. The SMILES string of the molecule is C=CC(=O)N[C@H](C)c1cccc(C(F)(F)F)c1. The van der Waals surface area contributed by atoms with Crippen LogP contribution in [0.15, 0.2) is 36.9 Å². The van der Waals surface area contributed by atoms with Crippen LogP contribution >= 0.6 is 0 Å². The molecular weight excluding hydrogens is 231 g/mol. The van der Waals surface area contributed by atoms with Crippen LogP contribution < -0.4 is 5.32 Å². The van der Waals surface area contributed by atoms with Crippen LogP contribution in [0.1, 0.15) is 24.1 Å². The topological polar surface area (TPSA) is 29.1 Å². The Balaban J connectivity index is 2.92. The number of rotatable bonds is 3. The fourth-order valence-electron chi connectivity index (χ4n) is 1.34. The molecule has 1 N–H and O–H groups in total. The van der Waals surface area contributed by atoms with E-state index in [-0.39, 0.29) is 0 Å². The van der Waals surface area contributed by atoms with Crippen molar-refractivity contribution in [2.75, 3.05) is 0 Å². The van der Waals surface area contributed by atoms with Crippen LogP contribution in [-0.2, 0) is 11.0 Å². The quantitative estimate of drug-likeness (QED) is 0.812. The third-order valence-electron chi connectivity index (χ3n) is 2.26. The summed E-state index contributed by atoms with van der Waals surface area (Å²) in [5.74, 6) is -0.421. The molecule has 0 unspecified atom stereocenters. The lowest BCUT2D eigenvalue weighted by molar-refractivity contribution is -0.137. The normalized spacial score (nSPS) is 12.9. The molecule has 0 aliphatic heterocycles. The van der Waals surface area contributed by atoms with E-state index in [1.807, 2.05) is 0 Å². The third-order valence-corrected chi connectivity index (χ3v) is 2.26. The predicted octanol–water partition coefficient (Wildman–Crippen LogP) is 3.07. The smallest absolute Gasteiger partial charge is 0.346 e.